The molecule has 0 aromatic heterocycles. The maximum absolute atomic E-state index is 10.1. The Balaban J connectivity index is 2.70. The Kier molecular flexibility index (Phi) is 11.5. The number of amidine groups is 1. The Morgan fingerprint density at radius 1 is 1.44 bits per heavy atom. The molecule has 0 aromatic carbocycles. The molecule has 1 fully saturated rings. The molecule has 0 amide bonds. The van der Waals surface area contributed by atoms with Crippen LogP contribution >= 0.6 is 23.4 Å². The molecule has 1 saturated carbocycles. The second kappa shape index (κ2) is 13.1. The number of hydrogen-bond acceptors (Lipinski definition) is 7. The van der Waals surface area contributed by atoms with Gasteiger partial charge in [-0.3, -0.25) is 9.98 Å². The number of thioether (sulfide) groups is 1. The van der Waals surface area contributed by atoms with Gasteiger partial charge in [0.05, 0.1) is 18.6 Å². The molecule has 1 rings (SSSR count). The van der Waals surface area contributed by atoms with E-state index >= 15 is 0 Å². The second-order valence-corrected chi connectivity index (χ2v) is 7.05. The van der Waals surface area contributed by atoms with Crippen molar-refractivity contribution in [3.05, 3.63) is 15.8 Å². The minimum Gasteiger partial charge on any atom is -0.383 e. The molecule has 7 nitrogen and oxygen atoms in total. The van der Waals surface area contributed by atoms with E-state index in [1.165, 1.54) is 0 Å². The van der Waals surface area contributed by atoms with Gasteiger partial charge in [0.25, 0.3) is 0 Å². The van der Waals surface area contributed by atoms with Crippen LogP contribution in [-0.4, -0.2) is 56.5 Å². The molecule has 2 N–H and O–H groups in total. The fourth-order valence-electron chi connectivity index (χ4n) is 2.59. The van der Waals surface area contributed by atoms with Gasteiger partial charge in [0.2, 0.25) is 0 Å². The Hall–Kier alpha value is -1.12. The van der Waals surface area contributed by atoms with E-state index in [9.17, 15) is 4.91 Å². The molecule has 2 unspecified atom stereocenters. The number of nitrogens with zero attached hydrogens (tertiary/aromatic N) is 3. The molecule has 0 spiro atoms. The average molecular weight is 390 g/mol. The third-order valence-electron chi connectivity index (χ3n) is 3.76. The van der Waals surface area contributed by atoms with Crippen LogP contribution in [0, 0.1) is 4.91 Å². The number of nitroso groups, excluding NO2 is 1. The highest BCUT2D eigenvalue weighted by atomic mass is 35.5. The standard InChI is InChI=1S/C16H28ClN5O2S/c1-4-9-25-11-20-16(14(18-2)15(17)19-3)22-12-5-6-13(10-12)24-8-7-21-23/h12-13,18H,3-11H2,1-2H3,(H,20,22)/b15-14+. The second-order valence-electron chi connectivity index (χ2n) is 5.62. The van der Waals surface area contributed by atoms with Gasteiger partial charge in [0, 0.05) is 13.1 Å². The van der Waals surface area contributed by atoms with Gasteiger partial charge in [0.1, 0.15) is 18.1 Å². The van der Waals surface area contributed by atoms with E-state index in [-0.39, 0.29) is 23.8 Å². The number of hydrogen-bond donors (Lipinski definition) is 2. The van der Waals surface area contributed by atoms with Gasteiger partial charge in [-0.1, -0.05) is 23.7 Å². The summed E-state index contributed by atoms with van der Waals surface area (Å²) in [6.45, 7) is 6.21. The van der Waals surface area contributed by atoms with Crippen LogP contribution in [0.25, 0.3) is 0 Å². The first-order chi connectivity index (χ1) is 12.2. The van der Waals surface area contributed by atoms with Crippen molar-refractivity contribution < 1.29 is 4.74 Å². The summed E-state index contributed by atoms with van der Waals surface area (Å²) in [5, 5.41) is 9.62. The predicted molar refractivity (Wildman–Crippen MR) is 108 cm³/mol. The topological polar surface area (TPSA) is 87.4 Å². The molecule has 0 bridgehead atoms. The third-order valence-corrected chi connectivity index (χ3v) is 5.07. The average Bonchev–Trinajstić information content (AvgIpc) is 3.06. The molecule has 0 saturated heterocycles. The van der Waals surface area contributed by atoms with Crippen molar-refractivity contribution in [2.45, 2.75) is 44.8 Å². The Morgan fingerprint density at radius 2 is 2.24 bits per heavy atom. The third kappa shape index (κ3) is 8.20. The highest BCUT2D eigenvalue weighted by Gasteiger charge is 2.27. The molecule has 0 aromatic rings. The first-order valence-electron chi connectivity index (χ1n) is 8.50. The van der Waals surface area contributed by atoms with Gasteiger partial charge >= 0.3 is 0 Å². The SMILES string of the molecule is C=N/C(Cl)=C(NC)\C(=N/CSCCC)NC1CCC(OCCN=O)C1. The van der Waals surface area contributed by atoms with Gasteiger partial charge in [0.15, 0.2) is 5.16 Å². The minimum absolute atomic E-state index is 0.144. The summed E-state index contributed by atoms with van der Waals surface area (Å²) in [7, 11) is 1.78. The fraction of sp³-hybridized carbons (Fsp3) is 0.750. The van der Waals surface area contributed by atoms with Crippen LogP contribution in [0.2, 0.25) is 0 Å². The van der Waals surface area contributed by atoms with E-state index in [4.69, 9.17) is 16.3 Å². The van der Waals surface area contributed by atoms with Gasteiger partial charge in [-0.2, -0.15) is 4.91 Å². The molecule has 9 heteroatoms. The minimum atomic E-state index is 0.144. The molecule has 142 valence electrons. The number of nitrogens with one attached hydrogen (secondary N) is 2. The molecule has 1 aliphatic carbocycles. The van der Waals surface area contributed by atoms with Gasteiger partial charge in [-0.05, 0) is 38.2 Å². The smallest absolute Gasteiger partial charge is 0.155 e. The van der Waals surface area contributed by atoms with E-state index in [1.807, 2.05) is 0 Å². The lowest BCUT2D eigenvalue weighted by molar-refractivity contribution is 0.0629. The molecule has 25 heavy (non-hydrogen) atoms. The largest absolute Gasteiger partial charge is 0.383 e. The van der Waals surface area contributed by atoms with Crippen LogP contribution in [0.15, 0.2) is 26.0 Å². The summed E-state index contributed by atoms with van der Waals surface area (Å²) in [4.78, 5) is 18.6. The zero-order valence-electron chi connectivity index (χ0n) is 15.0. The van der Waals surface area contributed by atoms with E-state index in [1.54, 1.807) is 18.8 Å². The van der Waals surface area contributed by atoms with Crippen LogP contribution in [0.4, 0.5) is 0 Å². The van der Waals surface area contributed by atoms with E-state index in [0.29, 0.717) is 24.0 Å². The zero-order chi connectivity index (χ0) is 18.5. The number of likely N-dealkylation sites (N-methyl/N-ethyl adjacent to an activating group) is 1. The number of halogens is 1. The molecule has 0 radical (unpaired) electrons. The Bertz CT molecular complexity index is 487. The van der Waals surface area contributed by atoms with Crippen molar-refractivity contribution in [1.82, 2.24) is 10.6 Å². The highest BCUT2D eigenvalue weighted by Crippen LogP contribution is 2.23. The van der Waals surface area contributed by atoms with Crippen molar-refractivity contribution in [3.8, 4) is 0 Å². The lowest BCUT2D eigenvalue weighted by atomic mass is 10.2. The first kappa shape index (κ1) is 21.9. The lowest BCUT2D eigenvalue weighted by Gasteiger charge is -2.19. The summed E-state index contributed by atoms with van der Waals surface area (Å²) in [5.74, 6) is 2.41. The summed E-state index contributed by atoms with van der Waals surface area (Å²) >= 11 is 7.93. The van der Waals surface area contributed by atoms with Crippen molar-refractivity contribution in [1.29, 1.82) is 0 Å². The van der Waals surface area contributed by atoms with E-state index < -0.39 is 0 Å². The molecular formula is C16H28ClN5O2S. The number of ether oxygens (including phenoxy) is 1. The predicted octanol–water partition coefficient (Wildman–Crippen LogP) is 3.11. The lowest BCUT2D eigenvalue weighted by Crippen LogP contribution is -2.38. The van der Waals surface area contributed by atoms with Gasteiger partial charge in [-0.15, -0.1) is 11.8 Å². The van der Waals surface area contributed by atoms with Gasteiger partial charge in [-0.25, -0.2) is 0 Å². The van der Waals surface area contributed by atoms with Crippen molar-refractivity contribution >= 4 is 35.9 Å². The fourth-order valence-corrected chi connectivity index (χ4v) is 3.41. The number of rotatable bonds is 12. The summed E-state index contributed by atoms with van der Waals surface area (Å²) in [6, 6.07) is 0.238. The van der Waals surface area contributed by atoms with E-state index in [2.05, 4.69) is 39.4 Å². The van der Waals surface area contributed by atoms with Crippen LogP contribution in [0.1, 0.15) is 32.6 Å². The summed E-state index contributed by atoms with van der Waals surface area (Å²) in [5.41, 5.74) is 0.642. The molecule has 1 aliphatic rings. The molecule has 0 aliphatic heterocycles. The van der Waals surface area contributed by atoms with Crippen LogP contribution in [-0.2, 0) is 4.74 Å². The molecular weight excluding hydrogens is 362 g/mol. The van der Waals surface area contributed by atoms with E-state index in [0.717, 1.165) is 31.4 Å². The quantitative estimate of drug-likeness (QED) is 0.176. The monoisotopic (exact) mass is 389 g/mol. The highest BCUT2D eigenvalue weighted by molar-refractivity contribution is 7.99. The first-order valence-corrected chi connectivity index (χ1v) is 10.0. The maximum Gasteiger partial charge on any atom is 0.155 e. The Labute approximate surface area is 159 Å². The van der Waals surface area contributed by atoms with Gasteiger partial charge < -0.3 is 15.4 Å². The summed E-state index contributed by atoms with van der Waals surface area (Å²) < 4.78 is 5.66. The molecule has 2 atom stereocenters. The Morgan fingerprint density at radius 3 is 2.88 bits per heavy atom. The van der Waals surface area contributed by atoms with Crippen molar-refractivity contribution in [2.75, 3.05) is 31.8 Å². The zero-order valence-corrected chi connectivity index (χ0v) is 16.5. The maximum atomic E-state index is 10.1. The molecule has 0 heterocycles. The van der Waals surface area contributed by atoms with Crippen molar-refractivity contribution in [3.63, 3.8) is 0 Å². The summed E-state index contributed by atoms with van der Waals surface area (Å²) in [6.07, 6.45) is 4.03. The van der Waals surface area contributed by atoms with Crippen molar-refractivity contribution in [2.24, 2.45) is 15.2 Å². The van der Waals surface area contributed by atoms with Crippen LogP contribution in [0.3, 0.4) is 0 Å². The van der Waals surface area contributed by atoms with Crippen LogP contribution < -0.4 is 10.6 Å². The number of aliphatic imine (C=N–C) groups is 2. The normalized spacial score (nSPS) is 21.6. The van der Waals surface area contributed by atoms with Crippen LogP contribution in [0.5, 0.6) is 0 Å².